The highest BCUT2D eigenvalue weighted by Gasteiger charge is 2.11. The Morgan fingerprint density at radius 2 is 1.93 bits per heavy atom. The van der Waals surface area contributed by atoms with Crippen molar-refractivity contribution in [2.45, 2.75) is 32.5 Å². The van der Waals surface area contributed by atoms with Gasteiger partial charge in [0.05, 0.1) is 5.75 Å². The van der Waals surface area contributed by atoms with Crippen molar-refractivity contribution in [2.75, 3.05) is 11.1 Å². The van der Waals surface area contributed by atoms with Crippen molar-refractivity contribution in [3.05, 3.63) is 64.7 Å². The molecule has 2 N–H and O–H groups in total. The lowest BCUT2D eigenvalue weighted by Crippen LogP contribution is -2.15. The molecule has 6 nitrogen and oxygen atoms in total. The molecule has 0 spiro atoms. The molecular formula is C20H21FN4O2S. The molecule has 0 unspecified atom stereocenters. The van der Waals surface area contributed by atoms with Gasteiger partial charge in [0.15, 0.2) is 5.82 Å². The van der Waals surface area contributed by atoms with E-state index in [2.05, 4.69) is 20.5 Å². The lowest BCUT2D eigenvalue weighted by Gasteiger charge is -2.10. The number of aromatic nitrogens is 3. The first kappa shape index (κ1) is 19.9. The molecule has 28 heavy (non-hydrogen) atoms. The molecule has 1 heterocycles. The summed E-state index contributed by atoms with van der Waals surface area (Å²) < 4.78 is 19.1. The molecule has 1 aromatic heterocycles. The van der Waals surface area contributed by atoms with Gasteiger partial charge in [-0.3, -0.25) is 9.89 Å². The van der Waals surface area contributed by atoms with Crippen LogP contribution in [0.1, 0.15) is 22.5 Å². The number of para-hydroxylation sites is 1. The number of H-pyrrole nitrogens is 1. The summed E-state index contributed by atoms with van der Waals surface area (Å²) in [6, 6.07) is 10.2. The van der Waals surface area contributed by atoms with Gasteiger partial charge in [-0.2, -0.15) is 0 Å². The van der Waals surface area contributed by atoms with Crippen LogP contribution in [0, 0.1) is 26.6 Å². The molecule has 0 aliphatic carbocycles. The Kier molecular flexibility index (Phi) is 6.30. The molecule has 0 fully saturated rings. The number of nitrogens with one attached hydrogen (secondary N) is 2. The third-order valence-electron chi connectivity index (χ3n) is 4.08. The van der Waals surface area contributed by atoms with Crippen LogP contribution in [0.4, 0.5) is 10.1 Å². The van der Waals surface area contributed by atoms with Crippen molar-refractivity contribution in [1.82, 2.24) is 15.2 Å². The van der Waals surface area contributed by atoms with Crippen molar-refractivity contribution in [3.63, 3.8) is 0 Å². The van der Waals surface area contributed by atoms with E-state index in [9.17, 15) is 9.18 Å². The second-order valence-electron chi connectivity index (χ2n) is 6.37. The SMILES string of the molecule is Cc1ccc(F)cc1NC(=O)CSc1n[nH]c(COc2c(C)cccc2C)n1. The van der Waals surface area contributed by atoms with Crippen molar-refractivity contribution in [3.8, 4) is 5.75 Å². The minimum atomic E-state index is -0.393. The summed E-state index contributed by atoms with van der Waals surface area (Å²) >= 11 is 1.19. The summed E-state index contributed by atoms with van der Waals surface area (Å²) in [5.41, 5.74) is 3.36. The van der Waals surface area contributed by atoms with Gasteiger partial charge in [-0.1, -0.05) is 36.0 Å². The topological polar surface area (TPSA) is 79.9 Å². The Balaban J connectivity index is 1.52. The Labute approximate surface area is 166 Å². The van der Waals surface area contributed by atoms with Crippen molar-refractivity contribution >= 4 is 23.4 Å². The lowest BCUT2D eigenvalue weighted by molar-refractivity contribution is -0.113. The Morgan fingerprint density at radius 1 is 1.18 bits per heavy atom. The van der Waals surface area contributed by atoms with Gasteiger partial charge in [-0.15, -0.1) is 5.10 Å². The van der Waals surface area contributed by atoms with Crippen molar-refractivity contribution in [2.24, 2.45) is 0 Å². The quantitative estimate of drug-likeness (QED) is 0.582. The number of carbonyl (C=O) groups excluding carboxylic acids is 1. The normalized spacial score (nSPS) is 10.7. The van der Waals surface area contributed by atoms with Gasteiger partial charge in [-0.05, 0) is 49.6 Å². The van der Waals surface area contributed by atoms with Gasteiger partial charge in [-0.25, -0.2) is 9.37 Å². The van der Waals surface area contributed by atoms with Crippen LogP contribution in [0.2, 0.25) is 0 Å². The molecule has 0 saturated heterocycles. The number of rotatable bonds is 7. The Morgan fingerprint density at radius 3 is 2.68 bits per heavy atom. The molecule has 0 atom stereocenters. The zero-order valence-corrected chi connectivity index (χ0v) is 16.7. The first-order valence-corrected chi connectivity index (χ1v) is 9.70. The summed E-state index contributed by atoms with van der Waals surface area (Å²) in [5.74, 6) is 0.878. The number of anilines is 1. The van der Waals surface area contributed by atoms with Gasteiger partial charge in [0.1, 0.15) is 18.2 Å². The largest absolute Gasteiger partial charge is 0.485 e. The smallest absolute Gasteiger partial charge is 0.234 e. The monoisotopic (exact) mass is 400 g/mol. The maximum Gasteiger partial charge on any atom is 0.234 e. The molecule has 0 radical (unpaired) electrons. The number of carbonyl (C=O) groups is 1. The summed E-state index contributed by atoms with van der Waals surface area (Å²) in [5, 5.41) is 10.1. The van der Waals surface area contributed by atoms with Crippen LogP contribution in [0.25, 0.3) is 0 Å². The second kappa shape index (κ2) is 8.88. The first-order valence-electron chi connectivity index (χ1n) is 8.71. The molecular weight excluding hydrogens is 379 g/mol. The minimum absolute atomic E-state index is 0.116. The standard InChI is InChI=1S/C20H21FN4O2S/c1-12-7-8-15(21)9-16(12)22-18(26)11-28-20-23-17(24-25-20)10-27-19-13(2)5-4-6-14(19)3/h4-9H,10-11H2,1-3H3,(H,22,26)(H,23,24,25). The number of hydrogen-bond donors (Lipinski definition) is 2. The molecule has 3 aromatic rings. The Bertz CT molecular complexity index is 970. The molecule has 146 valence electrons. The summed E-state index contributed by atoms with van der Waals surface area (Å²) in [6.45, 7) is 6.04. The van der Waals surface area contributed by atoms with E-state index in [1.165, 1.54) is 23.9 Å². The molecule has 0 aliphatic rings. The number of halogens is 1. The molecule has 0 aliphatic heterocycles. The number of aromatic amines is 1. The van der Waals surface area contributed by atoms with E-state index in [4.69, 9.17) is 4.74 Å². The number of ether oxygens (including phenoxy) is 1. The number of aryl methyl sites for hydroxylation is 3. The fraction of sp³-hybridized carbons (Fsp3) is 0.250. The highest BCUT2D eigenvalue weighted by atomic mass is 32.2. The average Bonchev–Trinajstić information content (AvgIpc) is 3.10. The van der Waals surface area contributed by atoms with Gasteiger partial charge < -0.3 is 10.1 Å². The molecule has 3 rings (SSSR count). The van der Waals surface area contributed by atoms with E-state index in [1.807, 2.05) is 32.0 Å². The fourth-order valence-corrected chi connectivity index (χ4v) is 3.24. The summed E-state index contributed by atoms with van der Waals surface area (Å²) in [6.07, 6.45) is 0. The minimum Gasteiger partial charge on any atom is -0.485 e. The van der Waals surface area contributed by atoms with E-state index in [1.54, 1.807) is 13.0 Å². The molecule has 1 amide bonds. The molecule has 0 saturated carbocycles. The number of hydrogen-bond acceptors (Lipinski definition) is 5. The zero-order valence-electron chi connectivity index (χ0n) is 15.9. The lowest BCUT2D eigenvalue weighted by atomic mass is 10.1. The number of benzene rings is 2. The third-order valence-corrected chi connectivity index (χ3v) is 4.93. The van der Waals surface area contributed by atoms with Crippen LogP contribution in [0.3, 0.4) is 0 Å². The van der Waals surface area contributed by atoms with Gasteiger partial charge in [0.25, 0.3) is 0 Å². The predicted molar refractivity (Wildman–Crippen MR) is 107 cm³/mol. The molecule has 2 aromatic carbocycles. The van der Waals surface area contributed by atoms with E-state index in [0.29, 0.717) is 16.7 Å². The van der Waals surface area contributed by atoms with Crippen molar-refractivity contribution < 1.29 is 13.9 Å². The van der Waals surface area contributed by atoms with E-state index in [-0.39, 0.29) is 18.3 Å². The van der Waals surface area contributed by atoms with Crippen molar-refractivity contribution in [1.29, 1.82) is 0 Å². The highest BCUT2D eigenvalue weighted by Crippen LogP contribution is 2.23. The van der Waals surface area contributed by atoms with Gasteiger partial charge in [0, 0.05) is 5.69 Å². The van der Waals surface area contributed by atoms with Crippen LogP contribution < -0.4 is 10.1 Å². The maximum absolute atomic E-state index is 13.3. The van der Waals surface area contributed by atoms with Crippen LogP contribution in [0.15, 0.2) is 41.6 Å². The van der Waals surface area contributed by atoms with Gasteiger partial charge in [0.2, 0.25) is 11.1 Å². The van der Waals surface area contributed by atoms with E-state index in [0.717, 1.165) is 22.4 Å². The van der Waals surface area contributed by atoms with E-state index < -0.39 is 5.82 Å². The summed E-state index contributed by atoms with van der Waals surface area (Å²) in [7, 11) is 0. The average molecular weight is 400 g/mol. The second-order valence-corrected chi connectivity index (χ2v) is 7.31. The third kappa shape index (κ3) is 5.10. The van der Waals surface area contributed by atoms with Crippen LogP contribution in [-0.2, 0) is 11.4 Å². The maximum atomic E-state index is 13.3. The van der Waals surface area contributed by atoms with Crippen LogP contribution in [0.5, 0.6) is 5.75 Å². The van der Waals surface area contributed by atoms with Gasteiger partial charge >= 0.3 is 0 Å². The van der Waals surface area contributed by atoms with Crippen LogP contribution >= 0.6 is 11.8 Å². The molecule has 0 bridgehead atoms. The fourth-order valence-electron chi connectivity index (χ4n) is 2.62. The number of thioether (sulfide) groups is 1. The highest BCUT2D eigenvalue weighted by molar-refractivity contribution is 7.99. The zero-order chi connectivity index (χ0) is 20.1. The Hall–Kier alpha value is -2.87. The van der Waals surface area contributed by atoms with E-state index >= 15 is 0 Å². The number of nitrogens with zero attached hydrogens (tertiary/aromatic N) is 2. The first-order chi connectivity index (χ1) is 13.4. The molecule has 8 heteroatoms. The predicted octanol–water partition coefficient (Wildman–Crippen LogP) is 4.18. The summed E-state index contributed by atoms with van der Waals surface area (Å²) in [4.78, 5) is 16.4. The van der Waals surface area contributed by atoms with Crippen LogP contribution in [-0.4, -0.2) is 26.8 Å². The number of amides is 1.